The molecule has 2 aromatic carbocycles. The molecule has 0 nitrogen and oxygen atoms in total. The third kappa shape index (κ3) is 1.29. The molecule has 0 spiro atoms. The topological polar surface area (TPSA) is 0 Å². The van der Waals surface area contributed by atoms with Crippen LogP contribution in [0.25, 0.3) is 16.8 Å². The number of fused-ring (bicyclic) bond motifs is 3. The Morgan fingerprint density at radius 3 is 2.93 bits per heavy atom. The third-order valence-electron chi connectivity index (χ3n) is 3.25. The number of allylic oxidation sites excluding steroid dienone is 1. The molecule has 0 atom stereocenters. The number of hydrogen-bond donors (Lipinski definition) is 0. The molecule has 1 aliphatic rings. The minimum absolute atomic E-state index is 1.18. The van der Waals surface area contributed by atoms with Gasteiger partial charge in [0.05, 0.1) is 0 Å². The molecule has 0 bridgehead atoms. The molecule has 0 radical (unpaired) electrons. The van der Waals surface area contributed by atoms with Crippen LogP contribution in [-0.2, 0) is 6.42 Å². The Hall–Kier alpha value is -1.56. The average molecular weight is 194 g/mol. The highest BCUT2D eigenvalue weighted by Crippen LogP contribution is 2.30. The molecule has 0 unspecified atom stereocenters. The maximum absolute atomic E-state index is 2.30. The molecule has 0 aromatic heterocycles. The molecule has 3 rings (SSSR count). The summed E-state index contributed by atoms with van der Waals surface area (Å²) in [5.74, 6) is 0. The first kappa shape index (κ1) is 8.72. The second-order valence-electron chi connectivity index (χ2n) is 4.25. The molecule has 74 valence electrons. The van der Waals surface area contributed by atoms with Gasteiger partial charge in [-0.15, -0.1) is 0 Å². The molecule has 0 amide bonds. The molecule has 0 aliphatic heterocycles. The number of aryl methyl sites for hydroxylation is 2. The van der Waals surface area contributed by atoms with Crippen LogP contribution in [0, 0.1) is 6.92 Å². The van der Waals surface area contributed by atoms with Crippen molar-refractivity contribution in [1.82, 2.24) is 0 Å². The van der Waals surface area contributed by atoms with E-state index in [1.54, 1.807) is 0 Å². The van der Waals surface area contributed by atoms with Gasteiger partial charge in [0.25, 0.3) is 0 Å². The lowest BCUT2D eigenvalue weighted by Gasteiger charge is -2.16. The molecular formula is C15H14. The SMILES string of the molecule is Cc1cc2ccccc2c2c1C=CCC2. The molecule has 0 heteroatoms. The second-order valence-corrected chi connectivity index (χ2v) is 4.25. The van der Waals surface area contributed by atoms with E-state index < -0.39 is 0 Å². The summed E-state index contributed by atoms with van der Waals surface area (Å²) in [6.45, 7) is 2.21. The van der Waals surface area contributed by atoms with E-state index in [2.05, 4.69) is 49.4 Å². The summed E-state index contributed by atoms with van der Waals surface area (Å²) in [6, 6.07) is 11.0. The van der Waals surface area contributed by atoms with E-state index in [0.717, 1.165) is 0 Å². The summed E-state index contributed by atoms with van der Waals surface area (Å²) >= 11 is 0. The van der Waals surface area contributed by atoms with Crippen molar-refractivity contribution in [2.24, 2.45) is 0 Å². The van der Waals surface area contributed by atoms with Crippen molar-refractivity contribution in [1.29, 1.82) is 0 Å². The minimum atomic E-state index is 1.18. The van der Waals surface area contributed by atoms with E-state index in [1.165, 1.54) is 40.3 Å². The van der Waals surface area contributed by atoms with Gasteiger partial charge in [0.2, 0.25) is 0 Å². The zero-order valence-corrected chi connectivity index (χ0v) is 8.96. The molecule has 0 heterocycles. The zero-order chi connectivity index (χ0) is 10.3. The highest BCUT2D eigenvalue weighted by Gasteiger charge is 2.10. The Morgan fingerprint density at radius 2 is 2.00 bits per heavy atom. The summed E-state index contributed by atoms with van der Waals surface area (Å²) in [4.78, 5) is 0. The quantitative estimate of drug-likeness (QED) is 0.592. The van der Waals surface area contributed by atoms with Crippen LogP contribution in [0.4, 0.5) is 0 Å². The van der Waals surface area contributed by atoms with E-state index >= 15 is 0 Å². The first-order valence-corrected chi connectivity index (χ1v) is 5.54. The number of hydrogen-bond acceptors (Lipinski definition) is 0. The van der Waals surface area contributed by atoms with Crippen LogP contribution < -0.4 is 0 Å². The van der Waals surface area contributed by atoms with Crippen LogP contribution in [0.3, 0.4) is 0 Å². The predicted octanol–water partition coefficient (Wildman–Crippen LogP) is 4.11. The van der Waals surface area contributed by atoms with Crippen molar-refractivity contribution in [3.63, 3.8) is 0 Å². The lowest BCUT2D eigenvalue weighted by atomic mass is 9.89. The van der Waals surface area contributed by atoms with Crippen LogP contribution in [-0.4, -0.2) is 0 Å². The lowest BCUT2D eigenvalue weighted by Crippen LogP contribution is -1.98. The summed E-state index contributed by atoms with van der Waals surface area (Å²) in [7, 11) is 0. The molecular weight excluding hydrogens is 180 g/mol. The van der Waals surface area contributed by atoms with Gasteiger partial charge in [-0.2, -0.15) is 0 Å². The van der Waals surface area contributed by atoms with E-state index in [-0.39, 0.29) is 0 Å². The largest absolute Gasteiger partial charge is 0.0836 e. The van der Waals surface area contributed by atoms with Crippen molar-refractivity contribution >= 4 is 16.8 Å². The van der Waals surface area contributed by atoms with Gasteiger partial charge in [0.15, 0.2) is 0 Å². The highest BCUT2D eigenvalue weighted by molar-refractivity contribution is 5.90. The summed E-state index contributed by atoms with van der Waals surface area (Å²) in [6.07, 6.45) is 6.93. The predicted molar refractivity (Wildman–Crippen MR) is 66.0 cm³/mol. The van der Waals surface area contributed by atoms with E-state index in [0.29, 0.717) is 0 Å². The van der Waals surface area contributed by atoms with E-state index in [1.807, 2.05) is 0 Å². The Labute approximate surface area is 90.2 Å². The van der Waals surface area contributed by atoms with Gasteiger partial charge in [0.1, 0.15) is 0 Å². The van der Waals surface area contributed by atoms with Crippen LogP contribution in [0.1, 0.15) is 23.1 Å². The molecule has 0 saturated carbocycles. The van der Waals surface area contributed by atoms with Crippen molar-refractivity contribution in [3.05, 3.63) is 53.1 Å². The van der Waals surface area contributed by atoms with Gasteiger partial charge >= 0.3 is 0 Å². The Kier molecular flexibility index (Phi) is 1.88. The molecule has 0 fully saturated rings. The Balaban J connectivity index is 2.45. The number of benzene rings is 2. The van der Waals surface area contributed by atoms with Crippen LogP contribution >= 0.6 is 0 Å². The first-order valence-electron chi connectivity index (χ1n) is 5.54. The molecule has 2 aromatic rings. The van der Waals surface area contributed by atoms with E-state index in [9.17, 15) is 0 Å². The van der Waals surface area contributed by atoms with Crippen LogP contribution in [0.2, 0.25) is 0 Å². The van der Waals surface area contributed by atoms with Gasteiger partial charge in [-0.3, -0.25) is 0 Å². The fraction of sp³-hybridized carbons (Fsp3) is 0.200. The van der Waals surface area contributed by atoms with E-state index in [4.69, 9.17) is 0 Å². The first-order chi connectivity index (χ1) is 7.36. The maximum atomic E-state index is 2.30. The molecule has 1 aliphatic carbocycles. The van der Waals surface area contributed by atoms with Crippen LogP contribution in [0.15, 0.2) is 36.4 Å². The maximum Gasteiger partial charge on any atom is -0.0146 e. The van der Waals surface area contributed by atoms with Gasteiger partial charge in [-0.05, 0) is 47.2 Å². The van der Waals surface area contributed by atoms with Crippen molar-refractivity contribution in [2.45, 2.75) is 19.8 Å². The summed E-state index contributed by atoms with van der Waals surface area (Å²) in [5, 5.41) is 2.81. The Bertz CT molecular complexity index is 547. The summed E-state index contributed by atoms with van der Waals surface area (Å²) in [5.41, 5.74) is 4.38. The van der Waals surface area contributed by atoms with Gasteiger partial charge in [0, 0.05) is 0 Å². The zero-order valence-electron chi connectivity index (χ0n) is 8.96. The van der Waals surface area contributed by atoms with Crippen molar-refractivity contribution < 1.29 is 0 Å². The summed E-state index contributed by atoms with van der Waals surface area (Å²) < 4.78 is 0. The van der Waals surface area contributed by atoms with Gasteiger partial charge in [-0.1, -0.05) is 42.5 Å². The fourth-order valence-electron chi connectivity index (χ4n) is 2.52. The second kappa shape index (κ2) is 3.23. The highest BCUT2D eigenvalue weighted by atomic mass is 14.1. The standard InChI is InChI=1S/C15H14/c1-11-10-12-6-2-3-8-14(12)15-9-5-4-7-13(11)15/h2-4,6-8,10H,5,9H2,1H3. The normalized spacial score (nSPS) is 14.2. The van der Waals surface area contributed by atoms with Gasteiger partial charge in [-0.25, -0.2) is 0 Å². The van der Waals surface area contributed by atoms with Crippen molar-refractivity contribution in [2.75, 3.05) is 0 Å². The average Bonchev–Trinajstić information content (AvgIpc) is 2.30. The lowest BCUT2D eigenvalue weighted by molar-refractivity contribution is 0.993. The number of rotatable bonds is 0. The third-order valence-corrected chi connectivity index (χ3v) is 3.25. The minimum Gasteiger partial charge on any atom is -0.0836 e. The van der Waals surface area contributed by atoms with Crippen molar-refractivity contribution in [3.8, 4) is 0 Å². The fourth-order valence-corrected chi connectivity index (χ4v) is 2.52. The molecule has 15 heavy (non-hydrogen) atoms. The molecule has 0 N–H and O–H groups in total. The Morgan fingerprint density at radius 1 is 1.13 bits per heavy atom. The monoisotopic (exact) mass is 194 g/mol. The smallest absolute Gasteiger partial charge is 0.0146 e. The van der Waals surface area contributed by atoms with Crippen LogP contribution in [0.5, 0.6) is 0 Å². The molecule has 0 saturated heterocycles. The van der Waals surface area contributed by atoms with Gasteiger partial charge < -0.3 is 0 Å².